The van der Waals surface area contributed by atoms with Crippen LogP contribution in [0.25, 0.3) is 0 Å². The van der Waals surface area contributed by atoms with Crippen LogP contribution >= 0.6 is 0 Å². The Morgan fingerprint density at radius 2 is 1.74 bits per heavy atom. The van der Waals surface area contributed by atoms with Gasteiger partial charge in [0.2, 0.25) is 0 Å². The lowest BCUT2D eigenvalue weighted by molar-refractivity contribution is -0.753. The summed E-state index contributed by atoms with van der Waals surface area (Å²) in [5, 5.41) is -6.21. The molecule has 0 aromatic heterocycles. The molecule has 5 nitrogen and oxygen atoms in total. The predicted octanol–water partition coefficient (Wildman–Crippen LogP) is 1.65. The molecular formula is C8H11F5N2O3S. The summed E-state index contributed by atoms with van der Waals surface area (Å²) in [5.41, 5.74) is 0. The zero-order chi connectivity index (χ0) is 15.5. The lowest BCUT2D eigenvalue weighted by Gasteiger charge is -2.21. The van der Waals surface area contributed by atoms with E-state index in [0.717, 1.165) is 11.0 Å². The Bertz CT molecular complexity index is 457. The van der Waals surface area contributed by atoms with E-state index in [1.807, 2.05) is 12.5 Å². The van der Waals surface area contributed by atoms with Crippen LogP contribution in [0.1, 0.15) is 6.92 Å². The van der Waals surface area contributed by atoms with Gasteiger partial charge in [-0.3, -0.25) is 4.48 Å². The summed E-state index contributed by atoms with van der Waals surface area (Å²) in [5.74, 6) is 0. The molecule has 0 aliphatic carbocycles. The Morgan fingerprint density at radius 3 is 1.84 bits per heavy atom. The van der Waals surface area contributed by atoms with E-state index < -0.39 is 21.5 Å². The zero-order valence-corrected chi connectivity index (χ0v) is 10.7. The van der Waals surface area contributed by atoms with Crippen molar-refractivity contribution < 1.29 is 39.4 Å². The Hall–Kier alpha value is -1.07. The highest BCUT2D eigenvalue weighted by Gasteiger charge is 2.63. The van der Waals surface area contributed by atoms with Gasteiger partial charge in [0.25, 0.3) is 0 Å². The van der Waals surface area contributed by atoms with E-state index in [1.54, 1.807) is 0 Å². The summed E-state index contributed by atoms with van der Waals surface area (Å²) in [6.45, 7) is 3.22. The molecular weight excluding hydrogens is 299 g/mol. The van der Waals surface area contributed by atoms with Crippen LogP contribution in [-0.4, -0.2) is 48.8 Å². The fourth-order valence-corrected chi connectivity index (χ4v) is 1.03. The van der Waals surface area contributed by atoms with E-state index >= 15 is 0 Å². The highest BCUT2D eigenvalue weighted by molar-refractivity contribution is 7.86. The van der Waals surface area contributed by atoms with E-state index in [9.17, 15) is 34.9 Å². The van der Waals surface area contributed by atoms with Crippen molar-refractivity contribution in [2.45, 2.75) is 18.4 Å². The van der Waals surface area contributed by atoms with Gasteiger partial charge in [-0.25, -0.2) is 13.4 Å². The minimum Gasteiger partial charge on any atom is -0.743 e. The molecule has 0 fully saturated rings. The SMILES string of the molecule is CC[N+]1(C)C=CN=C1.O=S(=O)([O-])C(F)(F)C(F)(F)F. The first kappa shape index (κ1) is 17.9. The van der Waals surface area contributed by atoms with Crippen molar-refractivity contribution in [3.8, 4) is 0 Å². The molecule has 0 saturated heterocycles. The first-order chi connectivity index (χ1) is 8.27. The van der Waals surface area contributed by atoms with Gasteiger partial charge in [-0.05, 0) is 6.92 Å². The minimum absolute atomic E-state index is 0.847. The van der Waals surface area contributed by atoms with Gasteiger partial charge >= 0.3 is 11.4 Å². The smallest absolute Gasteiger partial charge is 0.468 e. The molecule has 1 aliphatic heterocycles. The van der Waals surface area contributed by atoms with Crippen molar-refractivity contribution in [1.29, 1.82) is 0 Å². The quantitative estimate of drug-likeness (QED) is 0.442. The largest absolute Gasteiger partial charge is 0.743 e. The first-order valence-electron chi connectivity index (χ1n) is 4.74. The van der Waals surface area contributed by atoms with Crippen molar-refractivity contribution in [2.24, 2.45) is 4.99 Å². The van der Waals surface area contributed by atoms with Crippen molar-refractivity contribution in [3.63, 3.8) is 0 Å². The number of halogens is 5. The van der Waals surface area contributed by atoms with Gasteiger partial charge in [0.15, 0.2) is 16.5 Å². The summed E-state index contributed by atoms with van der Waals surface area (Å²) in [6, 6.07) is 0. The number of alkyl halides is 5. The van der Waals surface area contributed by atoms with E-state index in [-0.39, 0.29) is 0 Å². The molecule has 1 unspecified atom stereocenters. The Morgan fingerprint density at radius 1 is 1.26 bits per heavy atom. The topological polar surface area (TPSA) is 69.6 Å². The van der Waals surface area contributed by atoms with Crippen molar-refractivity contribution in [1.82, 2.24) is 0 Å². The van der Waals surface area contributed by atoms with Crippen molar-refractivity contribution in [2.75, 3.05) is 13.6 Å². The van der Waals surface area contributed by atoms with E-state index in [1.165, 1.54) is 0 Å². The highest BCUT2D eigenvalue weighted by atomic mass is 32.2. The fraction of sp³-hybridized carbons (Fsp3) is 0.625. The lowest BCUT2D eigenvalue weighted by Crippen LogP contribution is -2.43. The van der Waals surface area contributed by atoms with E-state index in [2.05, 4.69) is 25.2 Å². The van der Waals surface area contributed by atoms with Crippen molar-refractivity contribution in [3.05, 3.63) is 12.4 Å². The molecule has 19 heavy (non-hydrogen) atoms. The molecule has 11 heteroatoms. The zero-order valence-electron chi connectivity index (χ0n) is 9.86. The van der Waals surface area contributed by atoms with E-state index in [4.69, 9.17) is 0 Å². The third-order valence-electron chi connectivity index (χ3n) is 2.15. The van der Waals surface area contributed by atoms with Crippen LogP contribution < -0.4 is 0 Å². The Balaban J connectivity index is 0.000000356. The van der Waals surface area contributed by atoms with Crippen LogP contribution in [0, 0.1) is 0 Å². The summed E-state index contributed by atoms with van der Waals surface area (Å²) >= 11 is 0. The van der Waals surface area contributed by atoms with Crippen LogP contribution in [0.2, 0.25) is 0 Å². The molecule has 0 radical (unpaired) electrons. The molecule has 0 aromatic carbocycles. The molecule has 0 bridgehead atoms. The second-order valence-corrected chi connectivity index (χ2v) is 5.12. The summed E-state index contributed by atoms with van der Waals surface area (Å²) < 4.78 is 84.5. The molecule has 1 rings (SSSR count). The standard InChI is InChI=1S/C6H11N2.C2HF5O3S/c1-3-8(2)5-4-7-6-8;3-1(4,5)2(6,7)11(8,9)10/h4-6H,3H2,1-2H3;(H,8,9,10)/q+1;/p-1. The van der Waals surface area contributed by atoms with Gasteiger partial charge in [-0.15, -0.1) is 0 Å². The van der Waals surface area contributed by atoms with Crippen molar-refractivity contribution >= 4 is 16.5 Å². The van der Waals surface area contributed by atoms with Crippen LogP contribution in [0.15, 0.2) is 17.4 Å². The number of nitrogens with zero attached hydrogens (tertiary/aromatic N) is 2. The molecule has 0 aromatic rings. The number of rotatable bonds is 2. The van der Waals surface area contributed by atoms with Gasteiger partial charge in [-0.1, -0.05) is 0 Å². The third kappa shape index (κ3) is 4.51. The molecule has 112 valence electrons. The normalized spacial score (nSPS) is 23.2. The molecule has 1 heterocycles. The Labute approximate surface area is 106 Å². The van der Waals surface area contributed by atoms with Crippen LogP contribution in [0.3, 0.4) is 0 Å². The monoisotopic (exact) mass is 310 g/mol. The van der Waals surface area contributed by atoms with Gasteiger partial charge in [0.05, 0.1) is 19.8 Å². The maximum absolute atomic E-state index is 11.4. The number of hydrogen-bond acceptors (Lipinski definition) is 4. The van der Waals surface area contributed by atoms with Gasteiger partial charge in [0.1, 0.15) is 6.20 Å². The molecule has 0 spiro atoms. The summed E-state index contributed by atoms with van der Waals surface area (Å²) in [6.07, 6.45) is -0.517. The maximum Gasteiger partial charge on any atom is 0.468 e. The molecule has 0 amide bonds. The fourth-order valence-electron chi connectivity index (χ4n) is 0.749. The number of quaternary nitrogens is 1. The average molecular weight is 310 g/mol. The van der Waals surface area contributed by atoms with Crippen LogP contribution in [0.4, 0.5) is 22.0 Å². The van der Waals surface area contributed by atoms with Crippen LogP contribution in [0.5, 0.6) is 0 Å². The Kier molecular flexibility index (Phi) is 5.20. The molecule has 0 saturated carbocycles. The molecule has 1 aliphatic rings. The summed E-state index contributed by atoms with van der Waals surface area (Å²) in [4.78, 5) is 3.97. The number of aliphatic imine (C=N–C) groups is 1. The van der Waals surface area contributed by atoms with Gasteiger partial charge in [0, 0.05) is 0 Å². The minimum atomic E-state index is -6.67. The maximum atomic E-state index is 11.4. The van der Waals surface area contributed by atoms with Crippen LogP contribution in [-0.2, 0) is 10.1 Å². The van der Waals surface area contributed by atoms with E-state index in [0.29, 0.717) is 0 Å². The second-order valence-electron chi connectivity index (χ2n) is 3.69. The van der Waals surface area contributed by atoms with Gasteiger partial charge in [-0.2, -0.15) is 22.0 Å². The van der Waals surface area contributed by atoms with Gasteiger partial charge < -0.3 is 4.55 Å². The highest BCUT2D eigenvalue weighted by Crippen LogP contribution is 2.38. The lowest BCUT2D eigenvalue weighted by atomic mass is 10.5. The molecule has 0 N–H and O–H groups in total. The third-order valence-corrected chi connectivity index (χ3v) is 3.01. The first-order valence-corrected chi connectivity index (χ1v) is 6.14. The summed E-state index contributed by atoms with van der Waals surface area (Å²) in [7, 11) is -4.55. The number of hydrogen-bond donors (Lipinski definition) is 0. The second kappa shape index (κ2) is 5.51. The molecule has 1 atom stereocenters. The predicted molar refractivity (Wildman–Crippen MR) is 55.1 cm³/mol. The average Bonchev–Trinajstić information content (AvgIpc) is 2.64.